The third kappa shape index (κ3) is 2.91. The molecule has 0 radical (unpaired) electrons. The zero-order valence-electron chi connectivity index (χ0n) is 14.9. The maximum absolute atomic E-state index is 5.44. The van der Waals surface area contributed by atoms with E-state index in [9.17, 15) is 0 Å². The Kier molecular flexibility index (Phi) is 4.06. The molecule has 0 bridgehead atoms. The minimum atomic E-state index is 0.179. The fraction of sp³-hybridized carbons (Fsp3) is 0.105. The van der Waals surface area contributed by atoms with Gasteiger partial charge in [0.25, 0.3) is 0 Å². The van der Waals surface area contributed by atoms with Gasteiger partial charge in [0.1, 0.15) is 6.33 Å². The summed E-state index contributed by atoms with van der Waals surface area (Å²) in [4.78, 5) is 15.6. The first kappa shape index (κ1) is 16.6. The first-order chi connectivity index (χ1) is 13.8. The monoisotopic (exact) mass is 389 g/mol. The SMILES string of the molecule is CC(=NOCc1nc2c3cnn(-c4ccccc4)c3ncn2n1)c1cccs1. The zero-order chi connectivity index (χ0) is 18.9. The molecule has 1 aromatic carbocycles. The van der Waals surface area contributed by atoms with Crippen LogP contribution in [0.2, 0.25) is 0 Å². The molecule has 28 heavy (non-hydrogen) atoms. The van der Waals surface area contributed by atoms with E-state index in [2.05, 4.69) is 25.3 Å². The predicted octanol–water partition coefficient (Wildman–Crippen LogP) is 3.47. The van der Waals surface area contributed by atoms with Crippen molar-refractivity contribution in [3.8, 4) is 5.69 Å². The summed E-state index contributed by atoms with van der Waals surface area (Å²) < 4.78 is 3.42. The van der Waals surface area contributed by atoms with Gasteiger partial charge >= 0.3 is 0 Å². The van der Waals surface area contributed by atoms with Crippen LogP contribution in [-0.2, 0) is 11.4 Å². The highest BCUT2D eigenvalue weighted by Gasteiger charge is 2.13. The van der Waals surface area contributed by atoms with Crippen LogP contribution in [0.15, 0.2) is 65.5 Å². The van der Waals surface area contributed by atoms with Gasteiger partial charge in [-0.05, 0) is 30.5 Å². The second-order valence-electron chi connectivity index (χ2n) is 6.10. The number of fused-ring (bicyclic) bond motifs is 3. The van der Waals surface area contributed by atoms with Crippen molar-refractivity contribution in [2.75, 3.05) is 0 Å². The summed E-state index contributed by atoms with van der Waals surface area (Å²) in [5.74, 6) is 0.532. The summed E-state index contributed by atoms with van der Waals surface area (Å²) in [5.41, 5.74) is 3.18. The lowest BCUT2D eigenvalue weighted by molar-refractivity contribution is 0.125. The standard InChI is InChI=1S/C19H15N7OS/c1-13(16-8-5-9-28-16)24-27-11-17-22-19-15-10-21-26(14-6-3-2-4-7-14)18(15)20-12-25(19)23-17/h2-10,12H,11H2,1H3. The molecule has 0 aliphatic carbocycles. The molecule has 4 aromatic heterocycles. The van der Waals surface area contributed by atoms with Gasteiger partial charge in [-0.25, -0.2) is 19.2 Å². The Bertz CT molecular complexity index is 1270. The Morgan fingerprint density at radius 1 is 1.14 bits per heavy atom. The first-order valence-corrected chi connectivity index (χ1v) is 9.51. The molecule has 8 nitrogen and oxygen atoms in total. The van der Waals surface area contributed by atoms with E-state index in [0.717, 1.165) is 27.3 Å². The minimum Gasteiger partial charge on any atom is -0.387 e. The molecule has 0 saturated carbocycles. The van der Waals surface area contributed by atoms with Gasteiger partial charge in [-0.15, -0.1) is 16.4 Å². The fourth-order valence-electron chi connectivity index (χ4n) is 2.90. The van der Waals surface area contributed by atoms with Crippen LogP contribution in [0.3, 0.4) is 0 Å². The molecule has 5 aromatic rings. The topological polar surface area (TPSA) is 82.5 Å². The third-order valence-electron chi connectivity index (χ3n) is 4.22. The molecular weight excluding hydrogens is 374 g/mol. The normalized spacial score (nSPS) is 12.1. The molecule has 138 valence electrons. The number of oxime groups is 1. The second-order valence-corrected chi connectivity index (χ2v) is 7.05. The number of nitrogens with zero attached hydrogens (tertiary/aromatic N) is 7. The van der Waals surface area contributed by atoms with Crippen molar-refractivity contribution in [2.24, 2.45) is 5.16 Å². The van der Waals surface area contributed by atoms with E-state index in [1.54, 1.807) is 33.1 Å². The Morgan fingerprint density at radius 2 is 2.04 bits per heavy atom. The summed E-state index contributed by atoms with van der Waals surface area (Å²) in [6, 6.07) is 13.8. The van der Waals surface area contributed by atoms with Gasteiger partial charge in [-0.3, -0.25) is 0 Å². The zero-order valence-corrected chi connectivity index (χ0v) is 15.7. The highest BCUT2D eigenvalue weighted by atomic mass is 32.1. The molecule has 0 N–H and O–H groups in total. The molecule has 0 amide bonds. The molecule has 0 atom stereocenters. The Balaban J connectivity index is 1.44. The van der Waals surface area contributed by atoms with Crippen LogP contribution in [0.4, 0.5) is 0 Å². The van der Waals surface area contributed by atoms with Crippen LogP contribution in [0, 0.1) is 0 Å². The third-order valence-corrected chi connectivity index (χ3v) is 5.20. The second kappa shape index (κ2) is 6.86. The molecule has 5 rings (SSSR count). The molecular formula is C19H15N7OS. The molecule has 0 aliphatic heterocycles. The summed E-state index contributed by atoms with van der Waals surface area (Å²) in [7, 11) is 0. The maximum atomic E-state index is 5.44. The molecule has 0 fully saturated rings. The van der Waals surface area contributed by atoms with Gasteiger partial charge in [-0.1, -0.05) is 29.4 Å². The van der Waals surface area contributed by atoms with Gasteiger partial charge < -0.3 is 4.84 Å². The molecule has 4 heterocycles. The number of hydrogen-bond acceptors (Lipinski definition) is 7. The lowest BCUT2D eigenvalue weighted by Crippen LogP contribution is -1.98. The van der Waals surface area contributed by atoms with Crippen LogP contribution in [0.25, 0.3) is 22.4 Å². The van der Waals surface area contributed by atoms with Crippen molar-refractivity contribution in [3.05, 3.63) is 71.1 Å². The van der Waals surface area contributed by atoms with E-state index < -0.39 is 0 Å². The van der Waals surface area contributed by atoms with Crippen LogP contribution in [-0.4, -0.2) is 35.1 Å². The highest BCUT2D eigenvalue weighted by Crippen LogP contribution is 2.19. The number of benzene rings is 1. The van der Waals surface area contributed by atoms with Gasteiger partial charge in [-0.2, -0.15) is 5.10 Å². The summed E-state index contributed by atoms with van der Waals surface area (Å²) in [5, 5.41) is 15.9. The molecule has 0 aliphatic rings. The average Bonchev–Trinajstić information content (AvgIpc) is 3.46. The molecule has 0 spiro atoms. The molecule has 9 heteroatoms. The Hall–Kier alpha value is -3.59. The van der Waals surface area contributed by atoms with E-state index in [-0.39, 0.29) is 6.61 Å². The van der Waals surface area contributed by atoms with E-state index in [1.807, 2.05) is 54.8 Å². The van der Waals surface area contributed by atoms with E-state index in [0.29, 0.717) is 11.5 Å². The van der Waals surface area contributed by atoms with Crippen molar-refractivity contribution >= 4 is 33.7 Å². The van der Waals surface area contributed by atoms with Crippen molar-refractivity contribution in [3.63, 3.8) is 0 Å². The van der Waals surface area contributed by atoms with Gasteiger partial charge in [0.2, 0.25) is 0 Å². The van der Waals surface area contributed by atoms with Crippen LogP contribution < -0.4 is 0 Å². The summed E-state index contributed by atoms with van der Waals surface area (Å²) >= 11 is 1.62. The summed E-state index contributed by atoms with van der Waals surface area (Å²) in [6.07, 6.45) is 3.39. The number of rotatable bonds is 5. The Morgan fingerprint density at radius 3 is 2.86 bits per heavy atom. The lowest BCUT2D eigenvalue weighted by atomic mass is 10.3. The molecule has 0 saturated heterocycles. The highest BCUT2D eigenvalue weighted by molar-refractivity contribution is 7.12. The van der Waals surface area contributed by atoms with Crippen molar-refractivity contribution in [2.45, 2.75) is 13.5 Å². The van der Waals surface area contributed by atoms with E-state index in [1.165, 1.54) is 0 Å². The van der Waals surface area contributed by atoms with Crippen LogP contribution in [0.1, 0.15) is 17.6 Å². The van der Waals surface area contributed by atoms with Gasteiger partial charge in [0.15, 0.2) is 23.7 Å². The van der Waals surface area contributed by atoms with Crippen molar-refractivity contribution in [1.82, 2.24) is 29.4 Å². The van der Waals surface area contributed by atoms with Crippen LogP contribution >= 0.6 is 11.3 Å². The maximum Gasteiger partial charge on any atom is 0.192 e. The quantitative estimate of drug-likeness (QED) is 0.340. The van der Waals surface area contributed by atoms with Gasteiger partial charge in [0, 0.05) is 0 Å². The predicted molar refractivity (Wildman–Crippen MR) is 107 cm³/mol. The Labute approximate surface area is 163 Å². The van der Waals surface area contributed by atoms with E-state index in [4.69, 9.17) is 4.84 Å². The lowest BCUT2D eigenvalue weighted by Gasteiger charge is -2.01. The van der Waals surface area contributed by atoms with Crippen molar-refractivity contribution < 1.29 is 4.84 Å². The van der Waals surface area contributed by atoms with Crippen molar-refractivity contribution in [1.29, 1.82) is 0 Å². The van der Waals surface area contributed by atoms with Crippen LogP contribution in [0.5, 0.6) is 0 Å². The fourth-order valence-corrected chi connectivity index (χ4v) is 3.57. The minimum absolute atomic E-state index is 0.179. The smallest absolute Gasteiger partial charge is 0.192 e. The van der Waals surface area contributed by atoms with E-state index >= 15 is 0 Å². The number of hydrogen-bond donors (Lipinski definition) is 0. The number of para-hydroxylation sites is 1. The first-order valence-electron chi connectivity index (χ1n) is 8.63. The molecule has 0 unspecified atom stereocenters. The average molecular weight is 389 g/mol. The van der Waals surface area contributed by atoms with Gasteiger partial charge in [0.05, 0.1) is 27.9 Å². The largest absolute Gasteiger partial charge is 0.387 e. The number of thiophene rings is 1. The summed E-state index contributed by atoms with van der Waals surface area (Å²) in [6.45, 7) is 2.09. The number of aromatic nitrogens is 6.